The Morgan fingerprint density at radius 2 is 1.86 bits per heavy atom. The molecule has 0 aliphatic carbocycles. The van der Waals surface area contributed by atoms with Gasteiger partial charge in [0.25, 0.3) is 5.91 Å². The normalized spacial score (nSPS) is 15.9. The van der Waals surface area contributed by atoms with Crippen LogP contribution in [0.2, 0.25) is 0 Å². The molecule has 1 aliphatic rings. The number of rotatable bonds is 4. The van der Waals surface area contributed by atoms with Crippen LogP contribution in [0.5, 0.6) is 5.75 Å². The van der Waals surface area contributed by atoms with Gasteiger partial charge >= 0.3 is 6.18 Å². The SMILES string of the molecule is CC(Oc1ccc(F)cc1Br)C(=O)N1CCN(c2ccc(C(F)(F)F)cn2)CC1. The van der Waals surface area contributed by atoms with Crippen LogP contribution in [-0.2, 0) is 11.0 Å². The predicted octanol–water partition coefficient (Wildman–Crippen LogP) is 4.12. The highest BCUT2D eigenvalue weighted by Gasteiger charge is 2.31. The number of halogens is 5. The Labute approximate surface area is 173 Å². The van der Waals surface area contributed by atoms with Gasteiger partial charge in [0.15, 0.2) is 6.10 Å². The van der Waals surface area contributed by atoms with Gasteiger partial charge in [0.1, 0.15) is 17.4 Å². The van der Waals surface area contributed by atoms with E-state index < -0.39 is 23.7 Å². The number of pyridine rings is 1. The van der Waals surface area contributed by atoms with Crippen LogP contribution in [0.25, 0.3) is 0 Å². The summed E-state index contributed by atoms with van der Waals surface area (Å²) in [5.41, 5.74) is -0.798. The molecule has 1 amide bonds. The molecule has 0 spiro atoms. The first-order valence-electron chi connectivity index (χ1n) is 8.84. The number of aromatic nitrogens is 1. The van der Waals surface area contributed by atoms with Crippen LogP contribution < -0.4 is 9.64 Å². The topological polar surface area (TPSA) is 45.7 Å². The molecular weight excluding hydrogens is 458 g/mol. The molecule has 1 unspecified atom stereocenters. The fourth-order valence-electron chi connectivity index (χ4n) is 2.97. The third-order valence-electron chi connectivity index (χ3n) is 4.54. The van der Waals surface area contributed by atoms with E-state index in [0.717, 1.165) is 12.3 Å². The van der Waals surface area contributed by atoms with Crippen molar-refractivity contribution >= 4 is 27.7 Å². The van der Waals surface area contributed by atoms with Crippen LogP contribution >= 0.6 is 15.9 Å². The molecule has 3 rings (SSSR count). The van der Waals surface area contributed by atoms with Gasteiger partial charge in [-0.2, -0.15) is 13.2 Å². The lowest BCUT2D eigenvalue weighted by atomic mass is 10.2. The van der Waals surface area contributed by atoms with Crippen molar-refractivity contribution in [2.24, 2.45) is 0 Å². The molecule has 1 aliphatic heterocycles. The lowest BCUT2D eigenvalue weighted by molar-refractivity contribution is -0.138. The van der Waals surface area contributed by atoms with Crippen molar-refractivity contribution in [3.63, 3.8) is 0 Å². The van der Waals surface area contributed by atoms with Crippen LogP contribution in [0.4, 0.5) is 23.4 Å². The van der Waals surface area contributed by atoms with Crippen molar-refractivity contribution in [2.75, 3.05) is 31.1 Å². The summed E-state index contributed by atoms with van der Waals surface area (Å²) < 4.78 is 57.2. The molecule has 0 bridgehead atoms. The number of benzene rings is 1. The molecule has 2 heterocycles. The van der Waals surface area contributed by atoms with E-state index in [1.54, 1.807) is 11.8 Å². The summed E-state index contributed by atoms with van der Waals surface area (Å²) in [5, 5.41) is 0. The highest BCUT2D eigenvalue weighted by molar-refractivity contribution is 9.10. The second kappa shape index (κ2) is 8.56. The number of piperazine rings is 1. The summed E-state index contributed by atoms with van der Waals surface area (Å²) in [4.78, 5) is 20.0. The summed E-state index contributed by atoms with van der Waals surface area (Å²) in [5.74, 6) is 0.155. The number of hydrogen-bond acceptors (Lipinski definition) is 4. The zero-order valence-electron chi connectivity index (χ0n) is 15.4. The minimum atomic E-state index is -4.42. The van der Waals surface area contributed by atoms with Gasteiger partial charge in [0, 0.05) is 32.4 Å². The number of amides is 1. The van der Waals surface area contributed by atoms with E-state index in [0.29, 0.717) is 42.2 Å². The van der Waals surface area contributed by atoms with Gasteiger partial charge in [-0.25, -0.2) is 9.37 Å². The predicted molar refractivity (Wildman–Crippen MR) is 102 cm³/mol. The second-order valence-corrected chi connectivity index (χ2v) is 7.40. The zero-order chi connectivity index (χ0) is 21.2. The quantitative estimate of drug-likeness (QED) is 0.624. The van der Waals surface area contributed by atoms with E-state index in [1.165, 1.54) is 24.3 Å². The van der Waals surface area contributed by atoms with Crippen molar-refractivity contribution < 1.29 is 27.1 Å². The maximum Gasteiger partial charge on any atom is 0.417 e. The Bertz CT molecular complexity index is 869. The lowest BCUT2D eigenvalue weighted by Gasteiger charge is -2.36. The number of anilines is 1. The zero-order valence-corrected chi connectivity index (χ0v) is 17.0. The fraction of sp³-hybridized carbons (Fsp3) is 0.368. The van der Waals surface area contributed by atoms with E-state index >= 15 is 0 Å². The van der Waals surface area contributed by atoms with E-state index in [4.69, 9.17) is 4.74 Å². The number of ether oxygens (including phenoxy) is 1. The molecule has 1 aromatic heterocycles. The maximum atomic E-state index is 13.2. The van der Waals surface area contributed by atoms with Crippen LogP contribution in [0, 0.1) is 5.82 Å². The number of hydrogen-bond donors (Lipinski definition) is 0. The Balaban J connectivity index is 1.56. The second-order valence-electron chi connectivity index (χ2n) is 6.55. The number of nitrogens with zero attached hydrogens (tertiary/aromatic N) is 3. The Hall–Kier alpha value is -2.36. The molecule has 29 heavy (non-hydrogen) atoms. The van der Waals surface area contributed by atoms with Gasteiger partial charge in [-0.1, -0.05) is 0 Å². The van der Waals surface area contributed by atoms with E-state index in [-0.39, 0.29) is 5.91 Å². The first-order valence-corrected chi connectivity index (χ1v) is 9.63. The monoisotopic (exact) mass is 475 g/mol. The van der Waals surface area contributed by atoms with Gasteiger partial charge in [0.2, 0.25) is 0 Å². The molecule has 5 nitrogen and oxygen atoms in total. The van der Waals surface area contributed by atoms with Gasteiger partial charge in [-0.05, 0) is 53.2 Å². The summed E-state index contributed by atoms with van der Waals surface area (Å²) in [6, 6.07) is 6.27. The van der Waals surface area contributed by atoms with Crippen molar-refractivity contribution in [3.05, 3.63) is 52.4 Å². The summed E-state index contributed by atoms with van der Waals surface area (Å²) >= 11 is 3.20. The van der Waals surface area contributed by atoms with Crippen molar-refractivity contribution in [1.29, 1.82) is 0 Å². The van der Waals surface area contributed by atoms with Gasteiger partial charge in [-0.3, -0.25) is 4.79 Å². The largest absolute Gasteiger partial charge is 0.480 e. The summed E-state index contributed by atoms with van der Waals surface area (Å²) in [7, 11) is 0. The minimum absolute atomic E-state index is 0.221. The van der Waals surface area contributed by atoms with E-state index in [1.807, 2.05) is 4.90 Å². The molecule has 2 aromatic rings. The van der Waals surface area contributed by atoms with E-state index in [9.17, 15) is 22.4 Å². The fourth-order valence-corrected chi connectivity index (χ4v) is 3.41. The van der Waals surface area contributed by atoms with Crippen molar-refractivity contribution in [1.82, 2.24) is 9.88 Å². The first kappa shape index (κ1) is 21.4. The molecule has 0 N–H and O–H groups in total. The van der Waals surface area contributed by atoms with Crippen LogP contribution in [0.1, 0.15) is 12.5 Å². The Morgan fingerprint density at radius 1 is 1.17 bits per heavy atom. The van der Waals surface area contributed by atoms with Gasteiger partial charge < -0.3 is 14.5 Å². The molecule has 1 aromatic carbocycles. The maximum absolute atomic E-state index is 13.2. The molecule has 1 atom stereocenters. The summed E-state index contributed by atoms with van der Waals surface area (Å²) in [6.45, 7) is 3.27. The molecule has 1 saturated heterocycles. The third-order valence-corrected chi connectivity index (χ3v) is 5.16. The van der Waals surface area contributed by atoms with Crippen molar-refractivity contribution in [2.45, 2.75) is 19.2 Å². The van der Waals surface area contributed by atoms with E-state index in [2.05, 4.69) is 20.9 Å². The van der Waals surface area contributed by atoms with Crippen molar-refractivity contribution in [3.8, 4) is 5.75 Å². The molecular formula is C19H18BrF4N3O2. The van der Waals surface area contributed by atoms with Crippen LogP contribution in [0.15, 0.2) is 41.0 Å². The lowest BCUT2D eigenvalue weighted by Crippen LogP contribution is -2.52. The molecule has 0 radical (unpaired) electrons. The highest BCUT2D eigenvalue weighted by Crippen LogP contribution is 2.30. The minimum Gasteiger partial charge on any atom is -0.480 e. The Kier molecular flexibility index (Phi) is 6.30. The number of carbonyl (C=O) groups is 1. The molecule has 0 saturated carbocycles. The van der Waals surface area contributed by atoms with Gasteiger partial charge in [0.05, 0.1) is 10.0 Å². The Morgan fingerprint density at radius 3 is 2.41 bits per heavy atom. The van der Waals surface area contributed by atoms with Gasteiger partial charge in [-0.15, -0.1) is 0 Å². The molecule has 10 heteroatoms. The van der Waals surface area contributed by atoms with Crippen LogP contribution in [-0.4, -0.2) is 48.1 Å². The summed E-state index contributed by atoms with van der Waals surface area (Å²) in [6.07, 6.45) is -4.39. The highest BCUT2D eigenvalue weighted by atomic mass is 79.9. The standard InChI is InChI=1S/C19H18BrF4N3O2/c1-12(29-16-4-3-14(21)10-15(16)20)18(28)27-8-6-26(7-9-27)17-5-2-13(11-25-17)19(22,23)24/h2-5,10-12H,6-9H2,1H3. The first-order chi connectivity index (χ1) is 13.6. The third kappa shape index (κ3) is 5.17. The average molecular weight is 476 g/mol. The molecule has 1 fully saturated rings. The average Bonchev–Trinajstić information content (AvgIpc) is 2.69. The number of carbonyl (C=O) groups excluding carboxylic acids is 1. The van der Waals surface area contributed by atoms with Crippen LogP contribution in [0.3, 0.4) is 0 Å². The number of alkyl halides is 3. The smallest absolute Gasteiger partial charge is 0.417 e. The molecule has 156 valence electrons.